The summed E-state index contributed by atoms with van der Waals surface area (Å²) in [4.78, 5) is 2.36. The zero-order valence-electron chi connectivity index (χ0n) is 11.3. The van der Waals surface area contributed by atoms with Crippen LogP contribution >= 0.6 is 0 Å². The molecule has 2 aromatic rings. The quantitative estimate of drug-likeness (QED) is 0.845. The van der Waals surface area contributed by atoms with Gasteiger partial charge in [-0.15, -0.1) is 0 Å². The van der Waals surface area contributed by atoms with E-state index in [2.05, 4.69) is 42.2 Å². The largest absolute Gasteiger partial charge is 0.467 e. The fourth-order valence-corrected chi connectivity index (χ4v) is 2.34. The maximum atomic E-state index is 5.67. The van der Waals surface area contributed by atoms with E-state index in [1.165, 1.54) is 11.1 Å². The Labute approximate surface area is 113 Å². The van der Waals surface area contributed by atoms with Gasteiger partial charge in [-0.2, -0.15) is 0 Å². The van der Waals surface area contributed by atoms with Crippen molar-refractivity contribution >= 4 is 0 Å². The SMILES string of the molecule is Cc1ccc(-c2coc(CN3CCOCC3)c2)cc1. The molecule has 0 aliphatic carbocycles. The minimum absolute atomic E-state index is 0.825. The van der Waals surface area contributed by atoms with Crippen LogP contribution in [0.15, 0.2) is 41.0 Å². The summed E-state index contributed by atoms with van der Waals surface area (Å²) in [5.41, 5.74) is 3.65. The molecule has 0 radical (unpaired) electrons. The molecule has 0 unspecified atom stereocenters. The van der Waals surface area contributed by atoms with Crippen LogP contribution in [0, 0.1) is 6.92 Å². The van der Waals surface area contributed by atoms with Gasteiger partial charge in [0, 0.05) is 18.7 Å². The van der Waals surface area contributed by atoms with Gasteiger partial charge in [-0.25, -0.2) is 0 Å². The molecule has 100 valence electrons. The Hall–Kier alpha value is -1.58. The maximum absolute atomic E-state index is 5.67. The number of morpholine rings is 1. The van der Waals surface area contributed by atoms with Crippen molar-refractivity contribution in [2.45, 2.75) is 13.5 Å². The lowest BCUT2D eigenvalue weighted by Crippen LogP contribution is -2.35. The molecular weight excluding hydrogens is 238 g/mol. The summed E-state index contributed by atoms with van der Waals surface area (Å²) < 4.78 is 11.0. The highest BCUT2D eigenvalue weighted by Gasteiger charge is 2.13. The molecule has 0 amide bonds. The van der Waals surface area contributed by atoms with Gasteiger partial charge in [-0.1, -0.05) is 29.8 Å². The van der Waals surface area contributed by atoms with Crippen LogP contribution in [0.5, 0.6) is 0 Å². The number of ether oxygens (including phenoxy) is 1. The summed E-state index contributed by atoms with van der Waals surface area (Å²) in [6.45, 7) is 6.59. The van der Waals surface area contributed by atoms with Gasteiger partial charge in [-0.05, 0) is 18.6 Å². The summed E-state index contributed by atoms with van der Waals surface area (Å²) >= 11 is 0. The number of rotatable bonds is 3. The van der Waals surface area contributed by atoms with Gasteiger partial charge < -0.3 is 9.15 Å². The van der Waals surface area contributed by atoms with Crippen LogP contribution in [0.2, 0.25) is 0 Å². The highest BCUT2D eigenvalue weighted by molar-refractivity contribution is 5.62. The first-order valence-electron chi connectivity index (χ1n) is 6.76. The molecule has 1 aromatic carbocycles. The first-order chi connectivity index (χ1) is 9.31. The van der Waals surface area contributed by atoms with E-state index in [9.17, 15) is 0 Å². The maximum Gasteiger partial charge on any atom is 0.118 e. The highest BCUT2D eigenvalue weighted by Crippen LogP contribution is 2.23. The van der Waals surface area contributed by atoms with E-state index in [-0.39, 0.29) is 0 Å². The molecule has 0 saturated carbocycles. The summed E-state index contributed by atoms with van der Waals surface area (Å²) in [5, 5.41) is 0. The standard InChI is InChI=1S/C16H19NO2/c1-13-2-4-14(5-3-13)15-10-16(19-12-15)11-17-6-8-18-9-7-17/h2-5,10,12H,6-9,11H2,1H3. The van der Waals surface area contributed by atoms with E-state index in [1.807, 2.05) is 6.26 Å². The van der Waals surface area contributed by atoms with Crippen molar-refractivity contribution in [1.29, 1.82) is 0 Å². The third kappa shape index (κ3) is 3.06. The van der Waals surface area contributed by atoms with Crippen molar-refractivity contribution in [3.8, 4) is 11.1 Å². The number of hydrogen-bond donors (Lipinski definition) is 0. The van der Waals surface area contributed by atoms with Gasteiger partial charge in [-0.3, -0.25) is 4.90 Å². The molecule has 3 nitrogen and oxygen atoms in total. The summed E-state index contributed by atoms with van der Waals surface area (Å²) in [6.07, 6.45) is 1.85. The first kappa shape index (κ1) is 12.5. The van der Waals surface area contributed by atoms with Crippen molar-refractivity contribution in [3.63, 3.8) is 0 Å². The summed E-state index contributed by atoms with van der Waals surface area (Å²) in [5.74, 6) is 1.03. The van der Waals surface area contributed by atoms with Crippen molar-refractivity contribution < 1.29 is 9.15 Å². The van der Waals surface area contributed by atoms with Crippen molar-refractivity contribution in [2.75, 3.05) is 26.3 Å². The monoisotopic (exact) mass is 257 g/mol. The van der Waals surface area contributed by atoms with E-state index < -0.39 is 0 Å². The molecule has 3 rings (SSSR count). The van der Waals surface area contributed by atoms with Crippen LogP contribution in [0.1, 0.15) is 11.3 Å². The molecular formula is C16H19NO2. The minimum Gasteiger partial charge on any atom is -0.467 e. The molecule has 3 heteroatoms. The molecule has 0 bridgehead atoms. The van der Waals surface area contributed by atoms with Crippen molar-refractivity contribution in [2.24, 2.45) is 0 Å². The van der Waals surface area contributed by atoms with E-state index in [0.29, 0.717) is 0 Å². The smallest absolute Gasteiger partial charge is 0.118 e. The highest BCUT2D eigenvalue weighted by atomic mass is 16.5. The fourth-order valence-electron chi connectivity index (χ4n) is 2.34. The van der Waals surface area contributed by atoms with Crippen LogP contribution in [-0.2, 0) is 11.3 Å². The van der Waals surface area contributed by atoms with Crippen molar-refractivity contribution in [3.05, 3.63) is 47.9 Å². The molecule has 1 aliphatic rings. The number of benzene rings is 1. The number of furan rings is 1. The van der Waals surface area contributed by atoms with E-state index in [4.69, 9.17) is 9.15 Å². The Morgan fingerprint density at radius 2 is 1.79 bits per heavy atom. The third-order valence-corrected chi connectivity index (χ3v) is 3.52. The van der Waals surface area contributed by atoms with Crippen molar-refractivity contribution in [1.82, 2.24) is 4.90 Å². The normalized spacial score (nSPS) is 16.7. The molecule has 0 atom stereocenters. The number of aryl methyl sites for hydroxylation is 1. The Kier molecular flexibility index (Phi) is 3.67. The van der Waals surface area contributed by atoms with E-state index in [1.54, 1.807) is 0 Å². The van der Waals surface area contributed by atoms with Crippen LogP contribution in [-0.4, -0.2) is 31.2 Å². The molecule has 1 aromatic heterocycles. The lowest BCUT2D eigenvalue weighted by molar-refractivity contribution is 0.0313. The Balaban J connectivity index is 1.70. The Morgan fingerprint density at radius 3 is 2.53 bits per heavy atom. The molecule has 0 N–H and O–H groups in total. The third-order valence-electron chi connectivity index (χ3n) is 3.52. The second-order valence-electron chi connectivity index (χ2n) is 5.06. The van der Waals surface area contributed by atoms with Crippen LogP contribution in [0.4, 0.5) is 0 Å². The van der Waals surface area contributed by atoms with Gasteiger partial charge in [0.1, 0.15) is 5.76 Å². The van der Waals surface area contributed by atoms with Gasteiger partial charge >= 0.3 is 0 Å². The molecule has 1 fully saturated rings. The number of nitrogens with zero attached hydrogens (tertiary/aromatic N) is 1. The molecule has 1 aliphatic heterocycles. The van der Waals surface area contributed by atoms with Crippen LogP contribution in [0.25, 0.3) is 11.1 Å². The van der Waals surface area contributed by atoms with E-state index in [0.717, 1.165) is 44.2 Å². The number of hydrogen-bond acceptors (Lipinski definition) is 3. The van der Waals surface area contributed by atoms with Gasteiger partial charge in [0.25, 0.3) is 0 Å². The predicted molar refractivity (Wildman–Crippen MR) is 75.0 cm³/mol. The molecule has 0 spiro atoms. The van der Waals surface area contributed by atoms with Gasteiger partial charge in [0.15, 0.2) is 0 Å². The minimum atomic E-state index is 0.825. The van der Waals surface area contributed by atoms with Gasteiger partial charge in [0.05, 0.1) is 26.0 Å². The second-order valence-corrected chi connectivity index (χ2v) is 5.06. The lowest BCUT2D eigenvalue weighted by atomic mass is 10.1. The Bertz CT molecular complexity index is 524. The molecule has 1 saturated heterocycles. The van der Waals surface area contributed by atoms with E-state index >= 15 is 0 Å². The van der Waals surface area contributed by atoms with Crippen LogP contribution in [0.3, 0.4) is 0 Å². The lowest BCUT2D eigenvalue weighted by Gasteiger charge is -2.25. The molecule has 2 heterocycles. The summed E-state index contributed by atoms with van der Waals surface area (Å²) in [6, 6.07) is 10.7. The topological polar surface area (TPSA) is 25.6 Å². The van der Waals surface area contributed by atoms with Gasteiger partial charge in [0.2, 0.25) is 0 Å². The fraction of sp³-hybridized carbons (Fsp3) is 0.375. The second kappa shape index (κ2) is 5.59. The predicted octanol–water partition coefficient (Wildman–Crippen LogP) is 3.09. The molecule has 19 heavy (non-hydrogen) atoms. The zero-order chi connectivity index (χ0) is 13.1. The first-order valence-corrected chi connectivity index (χ1v) is 6.76. The zero-order valence-corrected chi connectivity index (χ0v) is 11.3. The Morgan fingerprint density at radius 1 is 1.05 bits per heavy atom. The average molecular weight is 257 g/mol. The van der Waals surface area contributed by atoms with Crippen LogP contribution < -0.4 is 0 Å². The average Bonchev–Trinajstić information content (AvgIpc) is 2.89. The summed E-state index contributed by atoms with van der Waals surface area (Å²) in [7, 11) is 0.